The van der Waals surface area contributed by atoms with E-state index in [4.69, 9.17) is 0 Å². The number of hydrogen-bond acceptors (Lipinski definition) is 3. The van der Waals surface area contributed by atoms with E-state index in [-0.39, 0.29) is 0 Å². The third-order valence-electron chi connectivity index (χ3n) is 2.54. The molecule has 0 aromatic carbocycles. The molecule has 1 unspecified atom stereocenters. The van der Waals surface area contributed by atoms with E-state index >= 15 is 0 Å². The van der Waals surface area contributed by atoms with Gasteiger partial charge in [-0.2, -0.15) is 0 Å². The van der Waals surface area contributed by atoms with E-state index in [9.17, 15) is 0 Å². The van der Waals surface area contributed by atoms with Crippen LogP contribution in [0.3, 0.4) is 0 Å². The van der Waals surface area contributed by atoms with E-state index in [1.807, 2.05) is 0 Å². The van der Waals surface area contributed by atoms with E-state index in [2.05, 4.69) is 28.1 Å². The molecule has 2 heterocycles. The van der Waals surface area contributed by atoms with Gasteiger partial charge < -0.3 is 10.6 Å². The summed E-state index contributed by atoms with van der Waals surface area (Å²) in [5, 5.41) is 10.2. The van der Waals surface area contributed by atoms with Crippen LogP contribution in [0.15, 0.2) is 17.5 Å². The van der Waals surface area contributed by atoms with Crippen LogP contribution in [0.2, 0.25) is 0 Å². The summed E-state index contributed by atoms with van der Waals surface area (Å²) in [4.78, 5) is 0. The van der Waals surface area contributed by atoms with Crippen molar-refractivity contribution < 1.29 is 0 Å². The number of nitrogens with one attached hydrogen (secondary N) is 2. The third-order valence-corrected chi connectivity index (χ3v) is 3.36. The Morgan fingerprint density at radius 3 is 3.31 bits per heavy atom. The van der Waals surface area contributed by atoms with Crippen molar-refractivity contribution in [1.29, 1.82) is 0 Å². The van der Waals surface area contributed by atoms with E-state index < -0.39 is 0 Å². The topological polar surface area (TPSA) is 24.1 Å². The van der Waals surface area contributed by atoms with Gasteiger partial charge >= 0.3 is 0 Å². The lowest BCUT2D eigenvalue weighted by molar-refractivity contribution is 0.549. The lowest BCUT2D eigenvalue weighted by Crippen LogP contribution is -2.12. The minimum atomic E-state index is 0.896. The van der Waals surface area contributed by atoms with E-state index in [0.29, 0.717) is 0 Å². The van der Waals surface area contributed by atoms with Gasteiger partial charge in [-0.3, -0.25) is 0 Å². The molecule has 1 aliphatic rings. The molecule has 1 saturated heterocycles. The number of thiophene rings is 1. The van der Waals surface area contributed by atoms with Crippen LogP contribution >= 0.6 is 11.3 Å². The Morgan fingerprint density at radius 1 is 1.62 bits per heavy atom. The summed E-state index contributed by atoms with van der Waals surface area (Å²) in [6, 6.07) is 4.22. The van der Waals surface area contributed by atoms with Gasteiger partial charge in [0.2, 0.25) is 0 Å². The number of hydrogen-bond donors (Lipinski definition) is 2. The van der Waals surface area contributed by atoms with Crippen molar-refractivity contribution in [3.63, 3.8) is 0 Å². The standard InChI is InChI=1S/C10H16N2S/c1-2-10(13-7-1)12-6-4-9-3-5-11-8-9/h1-2,7,9,11-12H,3-6,8H2. The van der Waals surface area contributed by atoms with Gasteiger partial charge in [0.05, 0.1) is 5.00 Å². The molecule has 2 nitrogen and oxygen atoms in total. The number of anilines is 1. The molecule has 1 aliphatic heterocycles. The maximum absolute atomic E-state index is 3.44. The predicted molar refractivity (Wildman–Crippen MR) is 58.4 cm³/mol. The monoisotopic (exact) mass is 196 g/mol. The van der Waals surface area contributed by atoms with Crippen LogP contribution in [-0.2, 0) is 0 Å². The first kappa shape index (κ1) is 9.03. The molecular formula is C10H16N2S. The maximum atomic E-state index is 3.44. The molecule has 0 aliphatic carbocycles. The summed E-state index contributed by atoms with van der Waals surface area (Å²) in [5.74, 6) is 0.896. The Balaban J connectivity index is 1.63. The molecule has 13 heavy (non-hydrogen) atoms. The molecule has 2 rings (SSSR count). The van der Waals surface area contributed by atoms with E-state index in [0.717, 1.165) is 12.5 Å². The Hall–Kier alpha value is -0.540. The molecule has 0 radical (unpaired) electrons. The van der Waals surface area contributed by atoms with Crippen LogP contribution in [0, 0.1) is 5.92 Å². The fraction of sp³-hybridized carbons (Fsp3) is 0.600. The minimum Gasteiger partial charge on any atom is -0.377 e. The van der Waals surface area contributed by atoms with Crippen molar-refractivity contribution in [1.82, 2.24) is 5.32 Å². The summed E-state index contributed by atoms with van der Waals surface area (Å²) in [6.07, 6.45) is 2.65. The fourth-order valence-electron chi connectivity index (χ4n) is 1.74. The van der Waals surface area contributed by atoms with Crippen LogP contribution in [-0.4, -0.2) is 19.6 Å². The van der Waals surface area contributed by atoms with Crippen molar-refractivity contribution in [2.75, 3.05) is 25.0 Å². The summed E-state index contributed by atoms with van der Waals surface area (Å²) >= 11 is 1.78. The van der Waals surface area contributed by atoms with Crippen molar-refractivity contribution >= 4 is 16.3 Å². The molecule has 2 N–H and O–H groups in total. The van der Waals surface area contributed by atoms with Gasteiger partial charge in [-0.25, -0.2) is 0 Å². The smallest absolute Gasteiger partial charge is 0.0882 e. The lowest BCUT2D eigenvalue weighted by atomic mass is 10.1. The van der Waals surface area contributed by atoms with Crippen LogP contribution in [0.1, 0.15) is 12.8 Å². The van der Waals surface area contributed by atoms with Gasteiger partial charge in [0, 0.05) is 6.54 Å². The van der Waals surface area contributed by atoms with Crippen LogP contribution in [0.5, 0.6) is 0 Å². The van der Waals surface area contributed by atoms with Crippen LogP contribution in [0.25, 0.3) is 0 Å². The number of rotatable bonds is 4. The van der Waals surface area contributed by atoms with Crippen molar-refractivity contribution in [3.8, 4) is 0 Å². The van der Waals surface area contributed by atoms with Gasteiger partial charge in [0.1, 0.15) is 0 Å². The first-order valence-corrected chi connectivity index (χ1v) is 5.81. The lowest BCUT2D eigenvalue weighted by Gasteiger charge is -2.08. The normalized spacial score (nSPS) is 22.0. The average Bonchev–Trinajstić information content (AvgIpc) is 2.75. The second-order valence-corrected chi connectivity index (χ2v) is 4.50. The summed E-state index contributed by atoms with van der Waals surface area (Å²) in [6.45, 7) is 3.54. The van der Waals surface area contributed by atoms with E-state index in [1.54, 1.807) is 11.3 Å². The van der Waals surface area contributed by atoms with Gasteiger partial charge in [0.15, 0.2) is 0 Å². The van der Waals surface area contributed by atoms with Crippen LogP contribution in [0.4, 0.5) is 5.00 Å². The molecule has 0 bridgehead atoms. The molecule has 1 atom stereocenters. The Labute approximate surface area is 83.4 Å². The highest BCUT2D eigenvalue weighted by Gasteiger charge is 2.13. The van der Waals surface area contributed by atoms with E-state index in [1.165, 1.54) is 30.9 Å². The van der Waals surface area contributed by atoms with Gasteiger partial charge in [0.25, 0.3) is 0 Å². The fourth-order valence-corrected chi connectivity index (χ4v) is 2.39. The molecule has 1 aromatic rings. The van der Waals surface area contributed by atoms with Crippen molar-refractivity contribution in [2.24, 2.45) is 5.92 Å². The summed E-state index contributed by atoms with van der Waals surface area (Å²) in [5.41, 5.74) is 0. The summed E-state index contributed by atoms with van der Waals surface area (Å²) in [7, 11) is 0. The van der Waals surface area contributed by atoms with Crippen molar-refractivity contribution in [2.45, 2.75) is 12.8 Å². The second kappa shape index (κ2) is 4.63. The second-order valence-electron chi connectivity index (χ2n) is 3.55. The predicted octanol–water partition coefficient (Wildman–Crippen LogP) is 2.16. The van der Waals surface area contributed by atoms with Gasteiger partial charge in [-0.1, -0.05) is 0 Å². The average molecular weight is 196 g/mol. The molecule has 72 valence electrons. The SMILES string of the molecule is c1csc(NCCC2CCNC2)c1. The first-order chi connectivity index (χ1) is 6.45. The molecule has 0 amide bonds. The highest BCUT2D eigenvalue weighted by atomic mass is 32.1. The molecule has 0 spiro atoms. The Morgan fingerprint density at radius 2 is 2.62 bits per heavy atom. The maximum Gasteiger partial charge on any atom is 0.0882 e. The molecule has 1 aromatic heterocycles. The van der Waals surface area contributed by atoms with Crippen molar-refractivity contribution in [3.05, 3.63) is 17.5 Å². The minimum absolute atomic E-state index is 0.896. The zero-order chi connectivity index (χ0) is 8.93. The Bertz CT molecular complexity index is 227. The molecule has 1 fully saturated rings. The molecule has 3 heteroatoms. The van der Waals surface area contributed by atoms with Gasteiger partial charge in [-0.05, 0) is 49.4 Å². The Kier molecular flexibility index (Phi) is 3.22. The van der Waals surface area contributed by atoms with Gasteiger partial charge in [-0.15, -0.1) is 11.3 Å². The summed E-state index contributed by atoms with van der Waals surface area (Å²) < 4.78 is 0. The highest BCUT2D eigenvalue weighted by molar-refractivity contribution is 7.14. The quantitative estimate of drug-likeness (QED) is 0.771. The zero-order valence-electron chi connectivity index (χ0n) is 7.75. The molecular weight excluding hydrogens is 180 g/mol. The van der Waals surface area contributed by atoms with Crippen LogP contribution < -0.4 is 10.6 Å². The zero-order valence-corrected chi connectivity index (χ0v) is 8.57. The largest absolute Gasteiger partial charge is 0.377 e. The highest BCUT2D eigenvalue weighted by Crippen LogP contribution is 2.16. The third kappa shape index (κ3) is 2.71. The first-order valence-electron chi connectivity index (χ1n) is 4.93. The molecule has 0 saturated carbocycles.